The second kappa shape index (κ2) is 7.67. The van der Waals surface area contributed by atoms with Crippen molar-refractivity contribution in [1.82, 2.24) is 5.32 Å². The lowest BCUT2D eigenvalue weighted by molar-refractivity contribution is 0.0953. The molecule has 0 aliphatic rings. The Morgan fingerprint density at radius 1 is 1.37 bits per heavy atom. The number of hydrogen-bond acceptors (Lipinski definition) is 3. The van der Waals surface area contributed by atoms with Gasteiger partial charge in [-0.15, -0.1) is 0 Å². The molecule has 0 aromatic heterocycles. The molecule has 1 aromatic rings. The van der Waals surface area contributed by atoms with Crippen LogP contribution in [0.4, 0.5) is 5.69 Å². The standard InChI is InChI=1S/C15H24N2O2/c1-11(2)6-4-5-9-17-15(18)13-8-7-12(19-3)10-14(13)16/h7-8,10-11H,4-6,9,16H2,1-3H3,(H,17,18). The largest absolute Gasteiger partial charge is 0.497 e. The Morgan fingerprint density at radius 3 is 2.68 bits per heavy atom. The van der Waals surface area contributed by atoms with E-state index in [2.05, 4.69) is 19.2 Å². The van der Waals surface area contributed by atoms with Gasteiger partial charge in [0.15, 0.2) is 0 Å². The molecular formula is C15H24N2O2. The van der Waals surface area contributed by atoms with E-state index in [1.807, 2.05) is 0 Å². The number of hydrogen-bond donors (Lipinski definition) is 2. The van der Waals surface area contributed by atoms with E-state index >= 15 is 0 Å². The lowest BCUT2D eigenvalue weighted by Crippen LogP contribution is -2.25. The first-order valence-electron chi connectivity index (χ1n) is 6.76. The zero-order valence-corrected chi connectivity index (χ0v) is 12.0. The van der Waals surface area contributed by atoms with E-state index < -0.39 is 0 Å². The summed E-state index contributed by atoms with van der Waals surface area (Å²) in [5.41, 5.74) is 6.78. The fourth-order valence-corrected chi connectivity index (χ4v) is 1.85. The third kappa shape index (κ3) is 5.20. The quantitative estimate of drug-likeness (QED) is 0.588. The van der Waals surface area contributed by atoms with Gasteiger partial charge in [-0.1, -0.05) is 26.7 Å². The first kappa shape index (κ1) is 15.3. The smallest absolute Gasteiger partial charge is 0.253 e. The zero-order valence-electron chi connectivity index (χ0n) is 12.0. The number of nitrogens with two attached hydrogens (primary N) is 1. The number of nitrogen functional groups attached to an aromatic ring is 1. The van der Waals surface area contributed by atoms with E-state index in [1.54, 1.807) is 25.3 Å². The minimum absolute atomic E-state index is 0.121. The maximum atomic E-state index is 11.9. The summed E-state index contributed by atoms with van der Waals surface area (Å²) < 4.78 is 5.05. The fourth-order valence-electron chi connectivity index (χ4n) is 1.85. The molecule has 1 rings (SSSR count). The summed E-state index contributed by atoms with van der Waals surface area (Å²) in [5, 5.41) is 2.89. The first-order chi connectivity index (χ1) is 9.04. The van der Waals surface area contributed by atoms with Gasteiger partial charge < -0.3 is 15.8 Å². The Labute approximate surface area is 115 Å². The van der Waals surface area contributed by atoms with Crippen molar-refractivity contribution in [3.05, 3.63) is 23.8 Å². The van der Waals surface area contributed by atoms with Crippen molar-refractivity contribution >= 4 is 11.6 Å². The van der Waals surface area contributed by atoms with Gasteiger partial charge in [0.1, 0.15) is 5.75 Å². The van der Waals surface area contributed by atoms with Crippen molar-refractivity contribution in [3.63, 3.8) is 0 Å². The van der Waals surface area contributed by atoms with Crippen LogP contribution in [0.25, 0.3) is 0 Å². The highest BCUT2D eigenvalue weighted by Gasteiger charge is 2.09. The van der Waals surface area contributed by atoms with E-state index in [-0.39, 0.29) is 5.91 Å². The number of rotatable bonds is 7. The van der Waals surface area contributed by atoms with Gasteiger partial charge in [-0.25, -0.2) is 0 Å². The summed E-state index contributed by atoms with van der Waals surface area (Å²) in [6.45, 7) is 5.10. The van der Waals surface area contributed by atoms with E-state index in [1.165, 1.54) is 6.42 Å². The van der Waals surface area contributed by atoms with Crippen molar-refractivity contribution in [1.29, 1.82) is 0 Å². The molecule has 19 heavy (non-hydrogen) atoms. The Hall–Kier alpha value is -1.71. The number of nitrogens with one attached hydrogen (secondary N) is 1. The van der Waals surface area contributed by atoms with Crippen LogP contribution in [0.2, 0.25) is 0 Å². The van der Waals surface area contributed by atoms with Crippen LogP contribution in [-0.4, -0.2) is 19.6 Å². The highest BCUT2D eigenvalue weighted by molar-refractivity contribution is 5.99. The third-order valence-electron chi connectivity index (χ3n) is 3.00. The van der Waals surface area contributed by atoms with Crippen LogP contribution >= 0.6 is 0 Å². The number of ether oxygens (including phenoxy) is 1. The third-order valence-corrected chi connectivity index (χ3v) is 3.00. The van der Waals surface area contributed by atoms with Gasteiger partial charge in [0.05, 0.1) is 12.7 Å². The minimum Gasteiger partial charge on any atom is -0.497 e. The van der Waals surface area contributed by atoms with Crippen LogP contribution in [0.1, 0.15) is 43.5 Å². The molecule has 1 aromatic carbocycles. The summed E-state index contributed by atoms with van der Waals surface area (Å²) >= 11 is 0. The summed E-state index contributed by atoms with van der Waals surface area (Å²) in [6.07, 6.45) is 3.33. The lowest BCUT2D eigenvalue weighted by Gasteiger charge is -2.09. The zero-order chi connectivity index (χ0) is 14.3. The molecule has 0 heterocycles. The van der Waals surface area contributed by atoms with Crippen LogP contribution < -0.4 is 15.8 Å². The van der Waals surface area contributed by atoms with E-state index in [9.17, 15) is 4.79 Å². The lowest BCUT2D eigenvalue weighted by atomic mass is 10.1. The van der Waals surface area contributed by atoms with Crippen LogP contribution in [0.5, 0.6) is 5.75 Å². The molecular weight excluding hydrogens is 240 g/mol. The maximum Gasteiger partial charge on any atom is 0.253 e. The number of unbranched alkanes of at least 4 members (excludes halogenated alkanes) is 1. The van der Waals surface area contributed by atoms with Gasteiger partial charge in [-0.2, -0.15) is 0 Å². The van der Waals surface area contributed by atoms with E-state index in [0.29, 0.717) is 29.5 Å². The molecule has 4 heteroatoms. The molecule has 0 saturated heterocycles. The molecule has 0 spiro atoms. The summed E-state index contributed by atoms with van der Waals surface area (Å²) in [7, 11) is 1.57. The molecule has 0 bridgehead atoms. The van der Waals surface area contributed by atoms with Crippen molar-refractivity contribution < 1.29 is 9.53 Å². The number of methoxy groups -OCH3 is 1. The van der Waals surface area contributed by atoms with Gasteiger partial charge in [0.2, 0.25) is 0 Å². The molecule has 3 N–H and O–H groups in total. The number of amides is 1. The monoisotopic (exact) mass is 264 g/mol. The SMILES string of the molecule is COc1ccc(C(=O)NCCCCC(C)C)c(N)c1. The summed E-state index contributed by atoms with van der Waals surface area (Å²) in [5.74, 6) is 1.25. The van der Waals surface area contributed by atoms with Crippen molar-refractivity contribution in [2.45, 2.75) is 33.1 Å². The Kier molecular flexibility index (Phi) is 6.19. The number of carbonyl (C=O) groups excluding carboxylic acids is 1. The predicted molar refractivity (Wildman–Crippen MR) is 78.4 cm³/mol. The second-order valence-corrected chi connectivity index (χ2v) is 5.10. The highest BCUT2D eigenvalue weighted by Crippen LogP contribution is 2.19. The van der Waals surface area contributed by atoms with Gasteiger partial charge in [-0.3, -0.25) is 4.79 Å². The van der Waals surface area contributed by atoms with Crippen molar-refractivity contribution in [3.8, 4) is 5.75 Å². The van der Waals surface area contributed by atoms with Crippen molar-refractivity contribution in [2.24, 2.45) is 5.92 Å². The molecule has 0 fully saturated rings. The normalized spacial score (nSPS) is 10.5. The van der Waals surface area contributed by atoms with Gasteiger partial charge in [0.25, 0.3) is 5.91 Å². The molecule has 4 nitrogen and oxygen atoms in total. The number of carbonyl (C=O) groups is 1. The number of anilines is 1. The van der Waals surface area contributed by atoms with Gasteiger partial charge in [-0.05, 0) is 24.5 Å². The molecule has 0 unspecified atom stereocenters. The summed E-state index contributed by atoms with van der Waals surface area (Å²) in [6, 6.07) is 5.09. The highest BCUT2D eigenvalue weighted by atomic mass is 16.5. The molecule has 0 saturated carbocycles. The second-order valence-electron chi connectivity index (χ2n) is 5.10. The Bertz CT molecular complexity index is 417. The van der Waals surface area contributed by atoms with Crippen LogP contribution in [0, 0.1) is 5.92 Å². The molecule has 0 radical (unpaired) electrons. The topological polar surface area (TPSA) is 64.3 Å². The predicted octanol–water partition coefficient (Wildman–Crippen LogP) is 2.83. The molecule has 1 amide bonds. The number of benzene rings is 1. The average molecular weight is 264 g/mol. The average Bonchev–Trinajstić information content (AvgIpc) is 2.37. The maximum absolute atomic E-state index is 11.9. The van der Waals surface area contributed by atoms with Crippen LogP contribution in [0.15, 0.2) is 18.2 Å². The van der Waals surface area contributed by atoms with Crippen LogP contribution in [-0.2, 0) is 0 Å². The first-order valence-corrected chi connectivity index (χ1v) is 6.76. The van der Waals surface area contributed by atoms with Gasteiger partial charge >= 0.3 is 0 Å². The molecule has 0 aliphatic heterocycles. The van der Waals surface area contributed by atoms with E-state index in [0.717, 1.165) is 12.8 Å². The van der Waals surface area contributed by atoms with Gasteiger partial charge in [0, 0.05) is 18.3 Å². The van der Waals surface area contributed by atoms with Crippen molar-refractivity contribution in [2.75, 3.05) is 19.4 Å². The molecule has 106 valence electrons. The Morgan fingerprint density at radius 2 is 2.11 bits per heavy atom. The molecule has 0 aliphatic carbocycles. The fraction of sp³-hybridized carbons (Fsp3) is 0.533. The Balaban J connectivity index is 2.41. The summed E-state index contributed by atoms with van der Waals surface area (Å²) in [4.78, 5) is 11.9. The van der Waals surface area contributed by atoms with E-state index in [4.69, 9.17) is 10.5 Å². The molecule has 0 atom stereocenters. The minimum atomic E-state index is -0.121. The van der Waals surface area contributed by atoms with Crippen LogP contribution in [0.3, 0.4) is 0 Å².